The van der Waals surface area contributed by atoms with Crippen LogP contribution >= 0.6 is 0 Å². The van der Waals surface area contributed by atoms with Gasteiger partial charge in [-0.05, 0) is 33.6 Å². The highest BCUT2D eigenvalue weighted by atomic mass is 16.5. The van der Waals surface area contributed by atoms with Crippen LogP contribution in [0.4, 0.5) is 0 Å². The molecular formula is C9H18N2O. The van der Waals surface area contributed by atoms with Crippen molar-refractivity contribution >= 4 is 0 Å². The lowest BCUT2D eigenvalue weighted by Crippen LogP contribution is -2.34. The van der Waals surface area contributed by atoms with Crippen LogP contribution in [0.25, 0.3) is 0 Å². The number of hydrogen-bond donors (Lipinski definition) is 1. The molecule has 0 radical (unpaired) electrons. The Kier molecular flexibility index (Phi) is 4.87. The van der Waals surface area contributed by atoms with Crippen molar-refractivity contribution in [2.75, 3.05) is 6.61 Å². The molecule has 0 fully saturated rings. The Balaban J connectivity index is 3.39. The van der Waals surface area contributed by atoms with E-state index in [0.29, 0.717) is 13.0 Å². The number of hydrogen-bond acceptors (Lipinski definition) is 3. The predicted octanol–water partition coefficient (Wildman–Crippen LogP) is 1.43. The van der Waals surface area contributed by atoms with E-state index in [9.17, 15) is 0 Å². The van der Waals surface area contributed by atoms with E-state index in [-0.39, 0.29) is 6.10 Å². The fourth-order valence-corrected chi connectivity index (χ4v) is 0.814. The molecule has 70 valence electrons. The molecule has 1 atom stereocenters. The quantitative estimate of drug-likeness (QED) is 0.635. The van der Waals surface area contributed by atoms with Crippen LogP contribution in [-0.2, 0) is 4.74 Å². The Morgan fingerprint density at radius 1 is 1.58 bits per heavy atom. The lowest BCUT2D eigenvalue weighted by Gasteiger charge is -2.15. The molecule has 0 aliphatic heterocycles. The lowest BCUT2D eigenvalue weighted by atomic mass is 10.00. The van der Waals surface area contributed by atoms with Gasteiger partial charge in [0.1, 0.15) is 5.54 Å². The topological polar surface area (TPSA) is 59.0 Å². The average Bonchev–Trinajstić information content (AvgIpc) is 1.98. The number of nitrogens with two attached hydrogens (primary N) is 1. The standard InChI is InChI=1S/C9H18N2O/c1-8(2)12-6-4-5-9(3,11)7-10/h8H,4-6,11H2,1-3H3. The highest BCUT2D eigenvalue weighted by Gasteiger charge is 2.15. The van der Waals surface area contributed by atoms with Crippen molar-refractivity contribution in [3.8, 4) is 6.07 Å². The fraction of sp³-hybridized carbons (Fsp3) is 0.889. The van der Waals surface area contributed by atoms with Gasteiger partial charge in [-0.25, -0.2) is 0 Å². The van der Waals surface area contributed by atoms with Crippen molar-refractivity contribution in [2.24, 2.45) is 5.73 Å². The van der Waals surface area contributed by atoms with E-state index >= 15 is 0 Å². The second kappa shape index (κ2) is 5.13. The van der Waals surface area contributed by atoms with Crippen LogP contribution in [0.15, 0.2) is 0 Å². The van der Waals surface area contributed by atoms with Gasteiger partial charge in [0.05, 0.1) is 12.2 Å². The van der Waals surface area contributed by atoms with E-state index in [1.54, 1.807) is 6.92 Å². The van der Waals surface area contributed by atoms with Crippen LogP contribution in [0.3, 0.4) is 0 Å². The highest BCUT2D eigenvalue weighted by molar-refractivity contribution is 5.00. The maximum Gasteiger partial charge on any atom is 0.101 e. The van der Waals surface area contributed by atoms with E-state index in [1.807, 2.05) is 13.8 Å². The van der Waals surface area contributed by atoms with E-state index in [1.165, 1.54) is 0 Å². The Morgan fingerprint density at radius 2 is 2.17 bits per heavy atom. The Labute approximate surface area is 74.5 Å². The van der Waals surface area contributed by atoms with Crippen LogP contribution in [0.2, 0.25) is 0 Å². The normalized spacial score (nSPS) is 15.7. The summed E-state index contributed by atoms with van der Waals surface area (Å²) in [7, 11) is 0. The van der Waals surface area contributed by atoms with Gasteiger partial charge in [-0.15, -0.1) is 0 Å². The molecule has 0 amide bonds. The van der Waals surface area contributed by atoms with Gasteiger partial charge in [0, 0.05) is 6.61 Å². The van der Waals surface area contributed by atoms with Gasteiger partial charge in [0.2, 0.25) is 0 Å². The van der Waals surface area contributed by atoms with Gasteiger partial charge in [-0.1, -0.05) is 0 Å². The molecule has 0 aromatic carbocycles. The first-order valence-corrected chi connectivity index (χ1v) is 4.29. The molecule has 3 nitrogen and oxygen atoms in total. The minimum Gasteiger partial charge on any atom is -0.379 e. The zero-order valence-corrected chi connectivity index (χ0v) is 8.13. The molecule has 3 heteroatoms. The summed E-state index contributed by atoms with van der Waals surface area (Å²) in [4.78, 5) is 0. The maximum absolute atomic E-state index is 8.59. The third-order valence-corrected chi connectivity index (χ3v) is 1.55. The SMILES string of the molecule is CC(C)OCCCC(C)(N)C#N. The molecule has 0 aromatic heterocycles. The lowest BCUT2D eigenvalue weighted by molar-refractivity contribution is 0.0742. The number of rotatable bonds is 5. The predicted molar refractivity (Wildman–Crippen MR) is 48.5 cm³/mol. The van der Waals surface area contributed by atoms with Crippen molar-refractivity contribution in [3.05, 3.63) is 0 Å². The van der Waals surface area contributed by atoms with Crippen LogP contribution in [0.1, 0.15) is 33.6 Å². The van der Waals surface area contributed by atoms with Crippen LogP contribution < -0.4 is 5.73 Å². The summed E-state index contributed by atoms with van der Waals surface area (Å²) >= 11 is 0. The zero-order chi connectivity index (χ0) is 9.61. The van der Waals surface area contributed by atoms with E-state index in [4.69, 9.17) is 15.7 Å². The van der Waals surface area contributed by atoms with Gasteiger partial charge in [0.15, 0.2) is 0 Å². The molecule has 0 rings (SSSR count). The molecule has 0 aliphatic carbocycles. The largest absolute Gasteiger partial charge is 0.379 e. The molecule has 0 bridgehead atoms. The second-order valence-electron chi connectivity index (χ2n) is 3.55. The minimum atomic E-state index is -0.694. The van der Waals surface area contributed by atoms with Crippen molar-refractivity contribution < 1.29 is 4.74 Å². The van der Waals surface area contributed by atoms with E-state index < -0.39 is 5.54 Å². The molecule has 0 saturated heterocycles. The fourth-order valence-electron chi connectivity index (χ4n) is 0.814. The Bertz CT molecular complexity index is 158. The molecular weight excluding hydrogens is 152 g/mol. The maximum atomic E-state index is 8.59. The number of nitriles is 1. The second-order valence-corrected chi connectivity index (χ2v) is 3.55. The van der Waals surface area contributed by atoms with E-state index in [0.717, 1.165) is 6.42 Å². The molecule has 0 spiro atoms. The molecule has 0 aliphatic rings. The molecule has 0 aromatic rings. The first kappa shape index (κ1) is 11.4. The summed E-state index contributed by atoms with van der Waals surface area (Å²) in [5.74, 6) is 0. The van der Waals surface area contributed by atoms with Gasteiger partial charge < -0.3 is 10.5 Å². The first-order chi connectivity index (χ1) is 5.48. The van der Waals surface area contributed by atoms with Crippen LogP contribution in [0, 0.1) is 11.3 Å². The molecule has 0 heterocycles. The van der Waals surface area contributed by atoms with Crippen molar-refractivity contribution in [3.63, 3.8) is 0 Å². The van der Waals surface area contributed by atoms with Gasteiger partial charge in [-0.3, -0.25) is 0 Å². The summed E-state index contributed by atoms with van der Waals surface area (Å²) in [6.45, 7) is 6.41. The highest BCUT2D eigenvalue weighted by Crippen LogP contribution is 2.07. The van der Waals surface area contributed by atoms with Crippen molar-refractivity contribution in [1.29, 1.82) is 5.26 Å². The molecule has 1 unspecified atom stereocenters. The van der Waals surface area contributed by atoms with Crippen molar-refractivity contribution in [2.45, 2.75) is 45.3 Å². The third kappa shape index (κ3) is 6.14. The van der Waals surface area contributed by atoms with Gasteiger partial charge in [-0.2, -0.15) is 5.26 Å². The smallest absolute Gasteiger partial charge is 0.101 e. The van der Waals surface area contributed by atoms with Crippen LogP contribution in [0.5, 0.6) is 0 Å². The van der Waals surface area contributed by atoms with Gasteiger partial charge in [0.25, 0.3) is 0 Å². The number of nitrogens with zero attached hydrogens (tertiary/aromatic N) is 1. The summed E-state index contributed by atoms with van der Waals surface area (Å²) in [5.41, 5.74) is 4.92. The average molecular weight is 170 g/mol. The Hall–Kier alpha value is -0.590. The van der Waals surface area contributed by atoms with E-state index in [2.05, 4.69) is 6.07 Å². The summed E-state index contributed by atoms with van der Waals surface area (Å²) in [6, 6.07) is 2.05. The summed E-state index contributed by atoms with van der Waals surface area (Å²) in [6.07, 6.45) is 1.80. The third-order valence-electron chi connectivity index (χ3n) is 1.55. The zero-order valence-electron chi connectivity index (χ0n) is 8.13. The summed E-state index contributed by atoms with van der Waals surface area (Å²) in [5, 5.41) is 8.59. The van der Waals surface area contributed by atoms with Gasteiger partial charge >= 0.3 is 0 Å². The van der Waals surface area contributed by atoms with Crippen LogP contribution in [-0.4, -0.2) is 18.2 Å². The summed E-state index contributed by atoms with van der Waals surface area (Å²) < 4.78 is 5.32. The number of ether oxygens (including phenoxy) is 1. The monoisotopic (exact) mass is 170 g/mol. The molecule has 0 saturated carbocycles. The minimum absolute atomic E-state index is 0.260. The first-order valence-electron chi connectivity index (χ1n) is 4.29. The Morgan fingerprint density at radius 3 is 2.58 bits per heavy atom. The van der Waals surface area contributed by atoms with Crippen molar-refractivity contribution in [1.82, 2.24) is 0 Å². The molecule has 12 heavy (non-hydrogen) atoms. The molecule has 2 N–H and O–H groups in total.